The molecule has 1 aliphatic heterocycles. The lowest BCUT2D eigenvalue weighted by Gasteiger charge is -2.40. The number of aliphatic hydroxyl groups is 2. The van der Waals surface area contributed by atoms with Crippen molar-refractivity contribution in [3.63, 3.8) is 0 Å². The van der Waals surface area contributed by atoms with E-state index in [-0.39, 0.29) is 25.9 Å². The largest absolute Gasteiger partial charge is 0.479 e. The van der Waals surface area contributed by atoms with Gasteiger partial charge in [-0.3, -0.25) is 14.4 Å². The number of hydrogen-bond acceptors (Lipinski definition) is 11. The molecule has 1 rings (SSSR count). The Morgan fingerprint density at radius 2 is 0.802 bits per heavy atom. The van der Waals surface area contributed by atoms with E-state index in [9.17, 15) is 34.5 Å². The van der Waals surface area contributed by atoms with Gasteiger partial charge in [0.15, 0.2) is 24.6 Å². The van der Waals surface area contributed by atoms with Gasteiger partial charge in [0, 0.05) is 19.3 Å². The van der Waals surface area contributed by atoms with Crippen LogP contribution in [0.15, 0.2) is 72.9 Å². The van der Waals surface area contributed by atoms with Crippen molar-refractivity contribution in [2.45, 2.75) is 327 Å². The summed E-state index contributed by atoms with van der Waals surface area (Å²) in [5.74, 6) is -3.22. The van der Waals surface area contributed by atoms with E-state index in [1.165, 1.54) is 161 Å². The van der Waals surface area contributed by atoms with Gasteiger partial charge < -0.3 is 39.0 Å². The first-order chi connectivity index (χ1) is 39.6. The number of carbonyl (C=O) groups excluding carboxylic acids is 3. The first-order valence-electron chi connectivity index (χ1n) is 32.9. The van der Waals surface area contributed by atoms with Gasteiger partial charge in [-0.2, -0.15) is 0 Å². The van der Waals surface area contributed by atoms with E-state index in [4.69, 9.17) is 23.7 Å². The van der Waals surface area contributed by atoms with Gasteiger partial charge in [-0.1, -0.05) is 248 Å². The van der Waals surface area contributed by atoms with Gasteiger partial charge in [0.1, 0.15) is 18.8 Å². The maximum Gasteiger partial charge on any atom is 0.335 e. The van der Waals surface area contributed by atoms with Gasteiger partial charge in [0.2, 0.25) is 0 Å². The summed E-state index contributed by atoms with van der Waals surface area (Å²) in [6.45, 7) is 5.87. The fraction of sp³-hybridized carbons (Fsp3) is 0.768. The molecule has 0 aliphatic carbocycles. The molecular formula is C69H118O12. The van der Waals surface area contributed by atoms with Crippen LogP contribution in [0.25, 0.3) is 0 Å². The van der Waals surface area contributed by atoms with E-state index < -0.39 is 67.3 Å². The molecule has 1 aliphatic rings. The second-order valence-corrected chi connectivity index (χ2v) is 22.4. The number of hydrogen-bond donors (Lipinski definition) is 3. The molecule has 0 aromatic heterocycles. The molecule has 0 radical (unpaired) electrons. The molecule has 0 aromatic carbocycles. The Labute approximate surface area is 493 Å². The number of carboxylic acids is 1. The zero-order valence-corrected chi connectivity index (χ0v) is 51.5. The zero-order chi connectivity index (χ0) is 58.9. The Morgan fingerprint density at radius 1 is 0.420 bits per heavy atom. The van der Waals surface area contributed by atoms with Crippen LogP contribution in [-0.2, 0) is 42.9 Å². The van der Waals surface area contributed by atoms with Crippen LogP contribution in [0.4, 0.5) is 0 Å². The molecule has 6 unspecified atom stereocenters. The molecule has 0 spiro atoms. The number of carbonyl (C=O) groups is 4. The summed E-state index contributed by atoms with van der Waals surface area (Å²) in [5, 5.41) is 31.5. The molecule has 1 saturated heterocycles. The maximum atomic E-state index is 13.2. The summed E-state index contributed by atoms with van der Waals surface area (Å²) in [6.07, 6.45) is 60.3. The molecule has 1 heterocycles. The summed E-state index contributed by atoms with van der Waals surface area (Å²) in [7, 11) is 0. The molecule has 0 bridgehead atoms. The molecule has 0 aromatic rings. The van der Waals surface area contributed by atoms with Crippen LogP contribution in [0.2, 0.25) is 0 Å². The van der Waals surface area contributed by atoms with Crippen molar-refractivity contribution in [2.75, 3.05) is 13.2 Å². The van der Waals surface area contributed by atoms with Crippen LogP contribution >= 0.6 is 0 Å². The highest BCUT2D eigenvalue weighted by Gasteiger charge is 2.50. The van der Waals surface area contributed by atoms with Gasteiger partial charge in [-0.15, -0.1) is 0 Å². The third-order valence-electron chi connectivity index (χ3n) is 14.8. The number of rotatable bonds is 56. The lowest BCUT2D eigenvalue weighted by molar-refractivity contribution is -0.301. The van der Waals surface area contributed by atoms with Crippen LogP contribution in [0.3, 0.4) is 0 Å². The third-order valence-corrected chi connectivity index (χ3v) is 14.8. The van der Waals surface area contributed by atoms with Crippen LogP contribution in [0.5, 0.6) is 0 Å². The molecule has 6 atom stereocenters. The first-order valence-corrected chi connectivity index (χ1v) is 32.9. The van der Waals surface area contributed by atoms with Crippen molar-refractivity contribution in [2.24, 2.45) is 0 Å². The second kappa shape index (κ2) is 56.6. The van der Waals surface area contributed by atoms with E-state index in [1.54, 1.807) is 0 Å². The first kappa shape index (κ1) is 75.2. The van der Waals surface area contributed by atoms with Crippen molar-refractivity contribution < 1.29 is 58.2 Å². The molecule has 1 fully saturated rings. The van der Waals surface area contributed by atoms with Crippen LogP contribution in [0.1, 0.15) is 290 Å². The second-order valence-electron chi connectivity index (χ2n) is 22.4. The minimum absolute atomic E-state index is 0.0615. The molecule has 0 amide bonds. The standard InChI is InChI=1S/C69H118O12/c1-4-7-10-13-16-19-22-25-27-29-31-33-35-38-40-43-46-49-52-55-61(70)77-58-60(79-62(71)56-53-50-47-44-42-39-36-34-32-30-28-26-23-20-17-14-11-8-5-2)59-78-69-67(65(74)64(73)66(81-69)68(75)76)80-63(72)57-54-51-48-45-41-37-24-21-18-15-12-9-6-3/h9,12,18,21,25-28,37,41,48,51,60,64-67,69,73-74H,4-8,10-11,13-17,19-20,22-24,29-36,38-40,42-47,49-50,52-59H2,1-3H3,(H,75,76)/b12-9-,21-18-,27-25-,28-26-,41-37-,51-48-. The van der Waals surface area contributed by atoms with Crippen molar-refractivity contribution in [3.8, 4) is 0 Å². The molecule has 81 heavy (non-hydrogen) atoms. The normalized spacial score (nSPS) is 18.2. The minimum Gasteiger partial charge on any atom is -0.479 e. The third kappa shape index (κ3) is 46.3. The SMILES string of the molecule is CC/C=C\C/C=C\C/C=C\C/C=C\CCC(=O)OC1C(OCC(COC(=O)CCCCCCCCCCC/C=C\CCCCCCCC)OC(=O)CCCCCCCCCCC/C=C\CCCCCCCC)OC(C(=O)O)C(O)C1O. The minimum atomic E-state index is -1.93. The van der Waals surface area contributed by atoms with Crippen LogP contribution < -0.4 is 0 Å². The number of aliphatic carboxylic acids is 1. The van der Waals surface area contributed by atoms with E-state index in [0.717, 1.165) is 64.2 Å². The Kier molecular flexibility index (Phi) is 52.6. The van der Waals surface area contributed by atoms with Gasteiger partial charge in [0.05, 0.1) is 6.61 Å². The highest BCUT2D eigenvalue weighted by atomic mass is 16.7. The van der Waals surface area contributed by atoms with Gasteiger partial charge in [-0.25, -0.2) is 4.79 Å². The summed E-state index contributed by atoms with van der Waals surface area (Å²) in [4.78, 5) is 51.3. The van der Waals surface area contributed by atoms with Crippen molar-refractivity contribution in [1.82, 2.24) is 0 Å². The summed E-state index contributed by atoms with van der Waals surface area (Å²) in [5.41, 5.74) is 0. The Morgan fingerprint density at radius 3 is 1.23 bits per heavy atom. The molecule has 12 heteroatoms. The van der Waals surface area contributed by atoms with Gasteiger partial charge >= 0.3 is 23.9 Å². The molecule has 12 nitrogen and oxygen atoms in total. The van der Waals surface area contributed by atoms with E-state index >= 15 is 0 Å². The predicted molar refractivity (Wildman–Crippen MR) is 331 cm³/mol. The molecule has 3 N–H and O–H groups in total. The average Bonchev–Trinajstić information content (AvgIpc) is 3.54. The summed E-state index contributed by atoms with van der Waals surface area (Å²) in [6, 6.07) is 0. The van der Waals surface area contributed by atoms with Crippen LogP contribution in [-0.4, -0.2) is 89.2 Å². The average molecular weight is 1140 g/mol. The van der Waals surface area contributed by atoms with Crippen LogP contribution in [0, 0.1) is 0 Å². The highest BCUT2D eigenvalue weighted by Crippen LogP contribution is 2.26. The number of carboxylic acid groups (broad SMARTS) is 1. The maximum absolute atomic E-state index is 13.2. The van der Waals surface area contributed by atoms with Crippen molar-refractivity contribution in [3.05, 3.63) is 72.9 Å². The summed E-state index contributed by atoms with van der Waals surface area (Å²) < 4.78 is 28.4. The van der Waals surface area contributed by atoms with E-state index in [2.05, 4.69) is 75.5 Å². The fourth-order valence-corrected chi connectivity index (χ4v) is 9.73. The number of allylic oxidation sites excluding steroid dienone is 12. The number of esters is 3. The number of aliphatic hydroxyl groups excluding tert-OH is 2. The molecule has 466 valence electrons. The molecule has 0 saturated carbocycles. The number of unbranched alkanes of at least 4 members (excludes halogenated alkanes) is 30. The monoisotopic (exact) mass is 1140 g/mol. The summed E-state index contributed by atoms with van der Waals surface area (Å²) >= 11 is 0. The Hall–Kier alpha value is -3.84. The Balaban J connectivity index is 2.67. The lowest BCUT2D eigenvalue weighted by atomic mass is 9.98. The van der Waals surface area contributed by atoms with Crippen molar-refractivity contribution in [1.29, 1.82) is 0 Å². The number of ether oxygens (including phenoxy) is 5. The zero-order valence-electron chi connectivity index (χ0n) is 51.5. The highest BCUT2D eigenvalue weighted by molar-refractivity contribution is 5.74. The predicted octanol–water partition coefficient (Wildman–Crippen LogP) is 17.7. The van der Waals surface area contributed by atoms with E-state index in [0.29, 0.717) is 25.7 Å². The van der Waals surface area contributed by atoms with Gasteiger partial charge in [0.25, 0.3) is 0 Å². The van der Waals surface area contributed by atoms with Gasteiger partial charge in [-0.05, 0) is 96.3 Å². The molecular weight excluding hydrogens is 1020 g/mol. The van der Waals surface area contributed by atoms with E-state index in [1.807, 2.05) is 18.2 Å². The topological polar surface area (TPSA) is 175 Å². The van der Waals surface area contributed by atoms with Crippen molar-refractivity contribution >= 4 is 23.9 Å². The smallest absolute Gasteiger partial charge is 0.335 e. The lowest BCUT2D eigenvalue weighted by Crippen LogP contribution is -2.61. The quantitative estimate of drug-likeness (QED) is 0.0228. The Bertz CT molecular complexity index is 1680. The fourth-order valence-electron chi connectivity index (χ4n) is 9.73.